The second kappa shape index (κ2) is 11.1. The van der Waals surface area contributed by atoms with E-state index in [9.17, 15) is 5.11 Å². The van der Waals surface area contributed by atoms with Crippen molar-refractivity contribution >= 4 is 11.8 Å². The van der Waals surface area contributed by atoms with Gasteiger partial charge in [0.15, 0.2) is 0 Å². The summed E-state index contributed by atoms with van der Waals surface area (Å²) >= 11 is 0. The number of aromatic nitrogens is 3. The lowest BCUT2D eigenvalue weighted by Gasteiger charge is -2.27. The summed E-state index contributed by atoms with van der Waals surface area (Å²) in [5.41, 5.74) is 3.11. The van der Waals surface area contributed by atoms with Gasteiger partial charge in [-0.2, -0.15) is 4.98 Å². The maximum absolute atomic E-state index is 9.87. The topological polar surface area (TPSA) is 95.0 Å². The van der Waals surface area contributed by atoms with Crippen molar-refractivity contribution < 1.29 is 5.11 Å². The summed E-state index contributed by atoms with van der Waals surface area (Å²) in [6.07, 6.45) is 11.8. The number of hydrogen-bond acceptors (Lipinski definition) is 7. The Bertz CT molecular complexity index is 844. The third-order valence-corrected chi connectivity index (χ3v) is 6.71. The molecular formula is C25H38N6O. The van der Waals surface area contributed by atoms with Gasteiger partial charge in [-0.3, -0.25) is 4.98 Å². The van der Waals surface area contributed by atoms with Gasteiger partial charge >= 0.3 is 0 Å². The molecule has 1 saturated carbocycles. The Labute approximate surface area is 191 Å². The Kier molecular flexibility index (Phi) is 7.92. The average molecular weight is 439 g/mol. The van der Waals surface area contributed by atoms with Crippen LogP contribution in [0.15, 0.2) is 24.5 Å². The van der Waals surface area contributed by atoms with Crippen molar-refractivity contribution in [3.8, 4) is 11.3 Å². The fourth-order valence-electron chi connectivity index (χ4n) is 4.81. The summed E-state index contributed by atoms with van der Waals surface area (Å²) in [5.74, 6) is 2.19. The quantitative estimate of drug-likeness (QED) is 0.470. The molecule has 7 nitrogen and oxygen atoms in total. The third-order valence-electron chi connectivity index (χ3n) is 6.71. The molecular weight excluding hydrogens is 400 g/mol. The Morgan fingerprint density at radius 2 is 1.97 bits per heavy atom. The number of hydrogen-bond donors (Lipinski definition) is 4. The fourth-order valence-corrected chi connectivity index (χ4v) is 4.81. The highest BCUT2D eigenvalue weighted by atomic mass is 16.3. The molecule has 2 aliphatic rings. The zero-order valence-corrected chi connectivity index (χ0v) is 19.5. The van der Waals surface area contributed by atoms with Crippen LogP contribution in [0.2, 0.25) is 0 Å². The lowest BCUT2D eigenvalue weighted by atomic mass is 9.93. The van der Waals surface area contributed by atoms with Crippen LogP contribution in [0.25, 0.3) is 11.3 Å². The van der Waals surface area contributed by atoms with E-state index in [1.165, 1.54) is 12.0 Å². The first-order valence-corrected chi connectivity index (χ1v) is 12.3. The highest BCUT2D eigenvalue weighted by Gasteiger charge is 2.22. The van der Waals surface area contributed by atoms with E-state index in [-0.39, 0.29) is 6.10 Å². The first-order chi connectivity index (χ1) is 15.6. The molecule has 2 aromatic heterocycles. The summed E-state index contributed by atoms with van der Waals surface area (Å²) in [6.45, 7) is 6.57. The van der Waals surface area contributed by atoms with Gasteiger partial charge in [0.25, 0.3) is 0 Å². The van der Waals surface area contributed by atoms with E-state index in [1.807, 2.05) is 12.4 Å². The summed E-state index contributed by atoms with van der Waals surface area (Å²) in [7, 11) is 0. The minimum absolute atomic E-state index is 0.172. The molecule has 32 heavy (non-hydrogen) atoms. The molecule has 0 spiro atoms. The third kappa shape index (κ3) is 6.17. The van der Waals surface area contributed by atoms with Crippen LogP contribution in [-0.2, 0) is 6.42 Å². The van der Waals surface area contributed by atoms with Crippen molar-refractivity contribution in [3.05, 3.63) is 30.1 Å². The Balaban J connectivity index is 1.53. The van der Waals surface area contributed by atoms with Crippen molar-refractivity contribution in [2.75, 3.05) is 23.7 Å². The summed E-state index contributed by atoms with van der Waals surface area (Å²) in [5, 5.41) is 20.4. The standard InChI is InChI=1S/C25H38N6O/c1-3-4-17(2)29-25-28-16-22(24(31-25)30-20-6-8-21(32)9-7-20)23-10-5-18(15-27-23)13-19-11-12-26-14-19/h5,10,15-17,19-21,26,32H,3-4,6-9,11-14H2,1-2H3,(H2,28,29,30,31)/t17-,19-,20-,21-/m0/s1. The first kappa shape index (κ1) is 22.9. The molecule has 174 valence electrons. The number of aliphatic hydroxyl groups excluding tert-OH is 1. The van der Waals surface area contributed by atoms with Crippen LogP contribution in [0.4, 0.5) is 11.8 Å². The minimum atomic E-state index is -0.172. The number of aliphatic hydroxyl groups is 1. The molecule has 3 heterocycles. The van der Waals surface area contributed by atoms with Crippen molar-refractivity contribution in [1.29, 1.82) is 0 Å². The van der Waals surface area contributed by atoms with E-state index in [4.69, 9.17) is 9.97 Å². The molecule has 7 heteroatoms. The maximum atomic E-state index is 9.87. The fraction of sp³-hybridized carbons (Fsp3) is 0.640. The zero-order chi connectivity index (χ0) is 22.3. The van der Waals surface area contributed by atoms with Crippen LogP contribution in [-0.4, -0.2) is 51.3 Å². The van der Waals surface area contributed by atoms with Crippen molar-refractivity contribution in [3.63, 3.8) is 0 Å². The van der Waals surface area contributed by atoms with E-state index in [0.29, 0.717) is 23.9 Å². The lowest BCUT2D eigenvalue weighted by molar-refractivity contribution is 0.126. The molecule has 4 rings (SSSR count). The van der Waals surface area contributed by atoms with Gasteiger partial charge in [0.2, 0.25) is 5.95 Å². The zero-order valence-electron chi connectivity index (χ0n) is 19.5. The molecule has 1 aliphatic carbocycles. The minimum Gasteiger partial charge on any atom is -0.393 e. The summed E-state index contributed by atoms with van der Waals surface area (Å²) < 4.78 is 0. The molecule has 0 radical (unpaired) electrons. The summed E-state index contributed by atoms with van der Waals surface area (Å²) in [6, 6.07) is 4.92. The first-order valence-electron chi connectivity index (χ1n) is 12.3. The highest BCUT2D eigenvalue weighted by molar-refractivity contribution is 5.73. The molecule has 0 unspecified atom stereocenters. The molecule has 2 aromatic rings. The maximum Gasteiger partial charge on any atom is 0.224 e. The SMILES string of the molecule is CCC[C@H](C)Nc1ncc(-c2ccc(C[C@@H]3CCNC3)cn2)c(N[C@H]2CC[C@H](O)CC2)n1. The second-order valence-corrected chi connectivity index (χ2v) is 9.55. The molecule has 0 aromatic carbocycles. The predicted molar refractivity (Wildman–Crippen MR) is 130 cm³/mol. The summed E-state index contributed by atoms with van der Waals surface area (Å²) in [4.78, 5) is 14.2. The number of nitrogens with one attached hydrogen (secondary N) is 3. The van der Waals surface area contributed by atoms with Gasteiger partial charge in [-0.1, -0.05) is 19.4 Å². The van der Waals surface area contributed by atoms with Crippen LogP contribution < -0.4 is 16.0 Å². The van der Waals surface area contributed by atoms with Crippen LogP contribution in [0.3, 0.4) is 0 Å². The normalized spacial score (nSPS) is 24.3. The van der Waals surface area contributed by atoms with Gasteiger partial charge in [-0.15, -0.1) is 0 Å². The molecule has 4 N–H and O–H groups in total. The van der Waals surface area contributed by atoms with E-state index in [1.54, 1.807) is 0 Å². The molecule has 1 saturated heterocycles. The van der Waals surface area contributed by atoms with Gasteiger partial charge < -0.3 is 21.1 Å². The molecule has 2 fully saturated rings. The van der Waals surface area contributed by atoms with Crippen LogP contribution >= 0.6 is 0 Å². The molecule has 2 atom stereocenters. The van der Waals surface area contributed by atoms with Gasteiger partial charge in [0, 0.05) is 24.5 Å². The Morgan fingerprint density at radius 1 is 1.12 bits per heavy atom. The van der Waals surface area contributed by atoms with Crippen LogP contribution in [0, 0.1) is 5.92 Å². The van der Waals surface area contributed by atoms with E-state index in [2.05, 4.69) is 46.9 Å². The monoisotopic (exact) mass is 438 g/mol. The smallest absolute Gasteiger partial charge is 0.224 e. The molecule has 0 bridgehead atoms. The van der Waals surface area contributed by atoms with Crippen LogP contribution in [0.5, 0.6) is 0 Å². The number of rotatable bonds is 9. The van der Waals surface area contributed by atoms with Crippen LogP contribution in [0.1, 0.15) is 64.4 Å². The van der Waals surface area contributed by atoms with Crippen molar-refractivity contribution in [2.45, 2.75) is 83.4 Å². The van der Waals surface area contributed by atoms with E-state index < -0.39 is 0 Å². The van der Waals surface area contributed by atoms with Gasteiger partial charge in [0.05, 0.1) is 17.4 Å². The molecule has 1 aliphatic heterocycles. The highest BCUT2D eigenvalue weighted by Crippen LogP contribution is 2.29. The predicted octanol–water partition coefficient (Wildman–Crippen LogP) is 4.01. The number of pyridine rings is 1. The molecule has 0 amide bonds. The Morgan fingerprint density at radius 3 is 2.66 bits per heavy atom. The average Bonchev–Trinajstić information content (AvgIpc) is 3.30. The van der Waals surface area contributed by atoms with Gasteiger partial charge in [-0.25, -0.2) is 4.98 Å². The Hall–Kier alpha value is -2.25. The number of anilines is 2. The van der Waals surface area contributed by atoms with Gasteiger partial charge in [-0.05, 0) is 82.5 Å². The van der Waals surface area contributed by atoms with Crippen molar-refractivity contribution in [2.24, 2.45) is 5.92 Å². The van der Waals surface area contributed by atoms with Crippen molar-refractivity contribution in [1.82, 2.24) is 20.3 Å². The van der Waals surface area contributed by atoms with E-state index >= 15 is 0 Å². The van der Waals surface area contributed by atoms with E-state index in [0.717, 1.165) is 75.1 Å². The second-order valence-electron chi connectivity index (χ2n) is 9.55. The largest absolute Gasteiger partial charge is 0.393 e. The van der Waals surface area contributed by atoms with Gasteiger partial charge in [0.1, 0.15) is 5.82 Å². The lowest BCUT2D eigenvalue weighted by Crippen LogP contribution is -2.29. The number of nitrogens with zero attached hydrogens (tertiary/aromatic N) is 3.